The van der Waals surface area contributed by atoms with Gasteiger partial charge in [-0.3, -0.25) is 4.90 Å². The minimum Gasteiger partial charge on any atom is -0.478 e. The zero-order valence-corrected chi connectivity index (χ0v) is 13.1. The Morgan fingerprint density at radius 1 is 1.41 bits per heavy atom. The second-order valence-electron chi connectivity index (χ2n) is 4.88. The number of carboxylic acids is 1. The fourth-order valence-electron chi connectivity index (χ4n) is 2.42. The molecular formula is C15H17ClN2O4. The summed E-state index contributed by atoms with van der Waals surface area (Å²) in [6.07, 6.45) is 0. The molecule has 1 aromatic rings. The summed E-state index contributed by atoms with van der Waals surface area (Å²) in [4.78, 5) is 25.3. The van der Waals surface area contributed by atoms with Crippen molar-refractivity contribution in [2.75, 3.05) is 20.3 Å². The summed E-state index contributed by atoms with van der Waals surface area (Å²) in [7, 11) is 1.52. The highest BCUT2D eigenvalue weighted by Crippen LogP contribution is 2.30. The van der Waals surface area contributed by atoms with Gasteiger partial charge < -0.3 is 15.2 Å². The molecule has 118 valence electrons. The third-order valence-electron chi connectivity index (χ3n) is 3.55. The Labute approximate surface area is 133 Å². The third-order valence-corrected chi connectivity index (χ3v) is 3.80. The van der Waals surface area contributed by atoms with Crippen LogP contribution in [0, 0.1) is 0 Å². The van der Waals surface area contributed by atoms with E-state index < -0.39 is 12.0 Å². The lowest BCUT2D eigenvalue weighted by molar-refractivity contribution is -0.133. The van der Waals surface area contributed by atoms with E-state index in [0.717, 1.165) is 0 Å². The number of carboxylic acid groups (broad SMARTS) is 1. The standard InChI is InChI=1S/C15H17ClN2O4/c1-9-12(14(19)20)13(10-3-5-11(16)6-4-10)17-15(21)18(9)7-8-22-2/h3-6,13H,7-8H2,1-2H3,(H,17,21)(H,19,20). The van der Waals surface area contributed by atoms with Crippen molar-refractivity contribution in [3.05, 3.63) is 46.1 Å². The van der Waals surface area contributed by atoms with Gasteiger partial charge in [0.05, 0.1) is 24.8 Å². The molecular weight excluding hydrogens is 308 g/mol. The molecule has 0 spiro atoms. The summed E-state index contributed by atoms with van der Waals surface area (Å²) in [5, 5.41) is 12.8. The van der Waals surface area contributed by atoms with Crippen LogP contribution < -0.4 is 5.32 Å². The van der Waals surface area contributed by atoms with Crippen LogP contribution in [0.1, 0.15) is 18.5 Å². The zero-order chi connectivity index (χ0) is 16.3. The number of benzene rings is 1. The largest absolute Gasteiger partial charge is 0.478 e. The number of rotatable bonds is 5. The first-order valence-corrected chi connectivity index (χ1v) is 7.10. The number of urea groups is 1. The van der Waals surface area contributed by atoms with Crippen LogP contribution in [0.4, 0.5) is 4.79 Å². The second kappa shape index (κ2) is 6.81. The number of hydrogen-bond acceptors (Lipinski definition) is 3. The van der Waals surface area contributed by atoms with Gasteiger partial charge >= 0.3 is 12.0 Å². The molecule has 1 heterocycles. The number of nitrogens with one attached hydrogen (secondary N) is 1. The molecule has 7 heteroatoms. The van der Waals surface area contributed by atoms with Gasteiger partial charge in [0.1, 0.15) is 0 Å². The van der Waals surface area contributed by atoms with Crippen molar-refractivity contribution in [2.45, 2.75) is 13.0 Å². The minimum absolute atomic E-state index is 0.137. The normalized spacial score (nSPS) is 18.4. The zero-order valence-electron chi connectivity index (χ0n) is 12.3. The summed E-state index contributed by atoms with van der Waals surface area (Å²) < 4.78 is 4.96. The van der Waals surface area contributed by atoms with Crippen molar-refractivity contribution in [3.8, 4) is 0 Å². The van der Waals surface area contributed by atoms with Crippen LogP contribution >= 0.6 is 11.6 Å². The van der Waals surface area contributed by atoms with Gasteiger partial charge in [-0.1, -0.05) is 23.7 Å². The molecule has 0 saturated carbocycles. The average Bonchev–Trinajstić information content (AvgIpc) is 2.46. The molecule has 6 nitrogen and oxygen atoms in total. The molecule has 0 saturated heterocycles. The molecule has 1 atom stereocenters. The van der Waals surface area contributed by atoms with E-state index in [2.05, 4.69) is 5.32 Å². The SMILES string of the molecule is COCCN1C(=O)NC(c2ccc(Cl)cc2)C(C(=O)O)=C1C. The number of halogens is 1. The Morgan fingerprint density at radius 3 is 2.59 bits per heavy atom. The molecule has 0 radical (unpaired) electrons. The molecule has 2 amide bonds. The highest BCUT2D eigenvalue weighted by atomic mass is 35.5. The number of ether oxygens (including phenoxy) is 1. The van der Waals surface area contributed by atoms with Crippen LogP contribution in [-0.2, 0) is 9.53 Å². The monoisotopic (exact) mass is 324 g/mol. The predicted octanol–water partition coefficient (Wildman–Crippen LogP) is 2.41. The van der Waals surface area contributed by atoms with Crippen molar-refractivity contribution in [1.29, 1.82) is 0 Å². The van der Waals surface area contributed by atoms with E-state index in [9.17, 15) is 14.7 Å². The predicted molar refractivity (Wildman–Crippen MR) is 81.6 cm³/mol. The van der Waals surface area contributed by atoms with E-state index in [0.29, 0.717) is 22.9 Å². The number of hydrogen-bond donors (Lipinski definition) is 2. The van der Waals surface area contributed by atoms with E-state index in [-0.39, 0.29) is 18.1 Å². The van der Waals surface area contributed by atoms with Crippen molar-refractivity contribution in [1.82, 2.24) is 10.2 Å². The first-order chi connectivity index (χ1) is 10.5. The molecule has 0 aliphatic carbocycles. The maximum absolute atomic E-state index is 12.2. The topological polar surface area (TPSA) is 78.9 Å². The molecule has 0 bridgehead atoms. The highest BCUT2D eigenvalue weighted by Gasteiger charge is 2.35. The lowest BCUT2D eigenvalue weighted by Crippen LogP contribution is -2.48. The summed E-state index contributed by atoms with van der Waals surface area (Å²) in [6.45, 7) is 2.24. The van der Waals surface area contributed by atoms with Gasteiger partial charge in [0.15, 0.2) is 0 Å². The number of allylic oxidation sites excluding steroid dienone is 1. The molecule has 1 unspecified atom stereocenters. The average molecular weight is 325 g/mol. The second-order valence-corrected chi connectivity index (χ2v) is 5.32. The van der Waals surface area contributed by atoms with Crippen molar-refractivity contribution < 1.29 is 19.4 Å². The van der Waals surface area contributed by atoms with Gasteiger partial charge in [-0.05, 0) is 24.6 Å². The molecule has 1 aromatic carbocycles. The number of carbonyl (C=O) groups excluding carboxylic acids is 1. The third kappa shape index (κ3) is 3.23. The highest BCUT2D eigenvalue weighted by molar-refractivity contribution is 6.30. The van der Waals surface area contributed by atoms with E-state index in [4.69, 9.17) is 16.3 Å². The Kier molecular flexibility index (Phi) is 5.05. The molecule has 1 aliphatic rings. The number of carbonyl (C=O) groups is 2. The molecule has 22 heavy (non-hydrogen) atoms. The van der Waals surface area contributed by atoms with Crippen LogP contribution in [0.15, 0.2) is 35.5 Å². The van der Waals surface area contributed by atoms with Crippen LogP contribution in [0.2, 0.25) is 5.02 Å². The Morgan fingerprint density at radius 2 is 2.05 bits per heavy atom. The van der Waals surface area contributed by atoms with Gasteiger partial charge in [0, 0.05) is 17.8 Å². The number of methoxy groups -OCH3 is 1. The molecule has 1 aliphatic heterocycles. The first-order valence-electron chi connectivity index (χ1n) is 6.72. The first kappa shape index (κ1) is 16.3. The lowest BCUT2D eigenvalue weighted by atomic mass is 9.95. The van der Waals surface area contributed by atoms with Crippen molar-refractivity contribution in [3.63, 3.8) is 0 Å². The smallest absolute Gasteiger partial charge is 0.335 e. The van der Waals surface area contributed by atoms with Gasteiger partial charge in [0.2, 0.25) is 0 Å². The number of nitrogens with zero attached hydrogens (tertiary/aromatic N) is 1. The van der Waals surface area contributed by atoms with Gasteiger partial charge in [-0.25, -0.2) is 9.59 Å². The number of amides is 2. The fraction of sp³-hybridized carbons (Fsp3) is 0.333. The summed E-state index contributed by atoms with van der Waals surface area (Å²) in [5.41, 5.74) is 1.21. The van der Waals surface area contributed by atoms with Crippen molar-refractivity contribution >= 4 is 23.6 Å². The van der Waals surface area contributed by atoms with E-state index in [1.54, 1.807) is 31.2 Å². The number of aliphatic carboxylic acids is 1. The Bertz CT molecular complexity index is 612. The fourth-order valence-corrected chi connectivity index (χ4v) is 2.54. The summed E-state index contributed by atoms with van der Waals surface area (Å²) >= 11 is 5.85. The Hall–Kier alpha value is -2.05. The van der Waals surface area contributed by atoms with Gasteiger partial charge in [-0.15, -0.1) is 0 Å². The summed E-state index contributed by atoms with van der Waals surface area (Å²) in [6, 6.07) is 5.67. The summed E-state index contributed by atoms with van der Waals surface area (Å²) in [5.74, 6) is -1.07. The molecule has 0 aromatic heterocycles. The van der Waals surface area contributed by atoms with Gasteiger partial charge in [0.25, 0.3) is 0 Å². The Balaban J connectivity index is 2.42. The molecule has 2 rings (SSSR count). The molecule has 0 fully saturated rings. The van der Waals surface area contributed by atoms with E-state index in [1.807, 2.05) is 0 Å². The van der Waals surface area contributed by atoms with Crippen LogP contribution in [0.3, 0.4) is 0 Å². The minimum atomic E-state index is -1.07. The van der Waals surface area contributed by atoms with Crippen LogP contribution in [0.5, 0.6) is 0 Å². The maximum atomic E-state index is 12.2. The quantitative estimate of drug-likeness (QED) is 0.871. The lowest BCUT2D eigenvalue weighted by Gasteiger charge is -2.34. The maximum Gasteiger partial charge on any atom is 0.335 e. The van der Waals surface area contributed by atoms with Crippen LogP contribution in [0.25, 0.3) is 0 Å². The van der Waals surface area contributed by atoms with E-state index >= 15 is 0 Å². The van der Waals surface area contributed by atoms with E-state index in [1.165, 1.54) is 12.0 Å². The molecule has 2 N–H and O–H groups in total. The van der Waals surface area contributed by atoms with Crippen molar-refractivity contribution in [2.24, 2.45) is 0 Å². The van der Waals surface area contributed by atoms with Crippen LogP contribution in [-0.4, -0.2) is 42.3 Å². The van der Waals surface area contributed by atoms with Gasteiger partial charge in [-0.2, -0.15) is 0 Å².